The zero-order chi connectivity index (χ0) is 21.9. The fourth-order valence-corrected chi connectivity index (χ4v) is 9.20. The number of alkyl halides is 3. The molecule has 160 valence electrons. The first-order valence-corrected chi connectivity index (χ1v) is 12.0. The third-order valence-corrected chi connectivity index (χ3v) is 11.3. The van der Waals surface area contributed by atoms with Crippen molar-refractivity contribution in [2.45, 2.75) is 90.7 Å². The van der Waals surface area contributed by atoms with Crippen molar-refractivity contribution in [2.75, 3.05) is 0 Å². The molecule has 2 nitrogen and oxygen atoms in total. The summed E-state index contributed by atoms with van der Waals surface area (Å²) in [6, 6.07) is 7.49. The van der Waals surface area contributed by atoms with Crippen molar-refractivity contribution >= 4 is 14.1 Å². The Labute approximate surface area is 169 Å². The number of hydrogen-bond donors (Lipinski definition) is 0. The van der Waals surface area contributed by atoms with Gasteiger partial charge in [-0.15, -0.1) is 13.2 Å². The van der Waals surface area contributed by atoms with Gasteiger partial charge in [0, 0.05) is 5.56 Å². The van der Waals surface area contributed by atoms with E-state index in [0.29, 0.717) is 5.56 Å². The van der Waals surface area contributed by atoms with Crippen LogP contribution in [0, 0.1) is 0 Å². The van der Waals surface area contributed by atoms with Crippen LogP contribution in [0.3, 0.4) is 0 Å². The lowest BCUT2D eigenvalue weighted by molar-refractivity contribution is -0.298. The summed E-state index contributed by atoms with van der Waals surface area (Å²) >= 11 is 0. The van der Waals surface area contributed by atoms with Crippen LogP contribution in [0.5, 0.6) is 0 Å². The van der Waals surface area contributed by atoms with E-state index in [0.717, 1.165) is 11.8 Å². The van der Waals surface area contributed by atoms with Crippen molar-refractivity contribution in [2.24, 2.45) is 0 Å². The van der Waals surface area contributed by atoms with Gasteiger partial charge >= 0.3 is 6.36 Å². The van der Waals surface area contributed by atoms with Crippen molar-refractivity contribution < 1.29 is 22.3 Å². The first kappa shape index (κ1) is 24.6. The summed E-state index contributed by atoms with van der Waals surface area (Å²) in [4.78, 5) is 0. The Morgan fingerprint density at radius 2 is 1.29 bits per heavy atom. The SMILES string of the molecule is CC(C)[Si](OC(=COC(F)(F)F)c1ccc(C(C)(C)C)cc1)(C(C)C)C(C)C. The fourth-order valence-electron chi connectivity index (χ4n) is 3.95. The van der Waals surface area contributed by atoms with Gasteiger partial charge in [-0.25, -0.2) is 0 Å². The number of halogens is 3. The minimum atomic E-state index is -4.75. The maximum atomic E-state index is 12.7. The highest BCUT2D eigenvalue weighted by molar-refractivity contribution is 6.78. The highest BCUT2D eigenvalue weighted by Crippen LogP contribution is 2.45. The average Bonchev–Trinajstić information content (AvgIpc) is 2.52. The van der Waals surface area contributed by atoms with Crippen LogP contribution in [0.15, 0.2) is 30.5 Å². The number of ether oxygens (including phenoxy) is 1. The topological polar surface area (TPSA) is 18.5 Å². The lowest BCUT2D eigenvalue weighted by Crippen LogP contribution is -2.47. The van der Waals surface area contributed by atoms with Crippen LogP contribution in [-0.2, 0) is 14.6 Å². The van der Waals surface area contributed by atoms with E-state index in [4.69, 9.17) is 4.43 Å². The highest BCUT2D eigenvalue weighted by atomic mass is 28.4. The van der Waals surface area contributed by atoms with Gasteiger partial charge in [0.25, 0.3) is 8.32 Å². The molecule has 1 aromatic carbocycles. The smallest absolute Gasteiger partial charge is 0.540 e. The lowest BCUT2D eigenvalue weighted by Gasteiger charge is -2.42. The second-order valence-corrected chi connectivity index (χ2v) is 14.7. The van der Waals surface area contributed by atoms with Crippen LogP contribution in [0.2, 0.25) is 16.6 Å². The molecular formula is C22H35F3O2Si. The third-order valence-electron chi connectivity index (χ3n) is 5.33. The van der Waals surface area contributed by atoms with Crippen LogP contribution in [0.4, 0.5) is 13.2 Å². The molecule has 28 heavy (non-hydrogen) atoms. The van der Waals surface area contributed by atoms with Gasteiger partial charge in [-0.1, -0.05) is 86.6 Å². The summed E-state index contributed by atoms with van der Waals surface area (Å²) in [5, 5.41) is 0. The molecular weight excluding hydrogens is 381 g/mol. The summed E-state index contributed by atoms with van der Waals surface area (Å²) in [7, 11) is -2.44. The minimum Gasteiger partial charge on any atom is -0.540 e. The summed E-state index contributed by atoms with van der Waals surface area (Å²) < 4.78 is 48.8. The van der Waals surface area contributed by atoms with Gasteiger partial charge in [-0.05, 0) is 27.6 Å². The maximum Gasteiger partial charge on any atom is 0.572 e. The van der Waals surface area contributed by atoms with Crippen molar-refractivity contribution in [1.82, 2.24) is 0 Å². The predicted octanol–water partition coefficient (Wildman–Crippen LogP) is 8.01. The standard InChI is InChI=1S/C22H35F3O2Si/c1-15(2)28(16(3)4,17(5)6)27-20(14-26-22(23,24)25)18-10-12-19(13-11-18)21(7,8)9/h10-17H,1-9H3. The quantitative estimate of drug-likeness (QED) is 0.331. The molecule has 0 aromatic heterocycles. The molecule has 0 aliphatic heterocycles. The second kappa shape index (κ2) is 8.93. The monoisotopic (exact) mass is 416 g/mol. The van der Waals surface area contributed by atoms with Crippen molar-refractivity contribution in [3.8, 4) is 0 Å². The Morgan fingerprint density at radius 3 is 1.61 bits per heavy atom. The number of rotatable bonds is 7. The van der Waals surface area contributed by atoms with Gasteiger partial charge in [0.2, 0.25) is 0 Å². The molecule has 1 rings (SSSR count). The van der Waals surface area contributed by atoms with Crippen LogP contribution in [-0.4, -0.2) is 14.7 Å². The normalized spacial score (nSPS) is 14.2. The third kappa shape index (κ3) is 6.03. The molecule has 0 bridgehead atoms. The molecule has 0 atom stereocenters. The molecule has 0 amide bonds. The number of hydrogen-bond acceptors (Lipinski definition) is 2. The summed E-state index contributed by atoms with van der Waals surface area (Å²) in [6.45, 7) is 18.8. The summed E-state index contributed by atoms with van der Waals surface area (Å²) in [5.41, 5.74) is 2.35. The zero-order valence-corrected chi connectivity index (χ0v) is 19.6. The molecule has 0 spiro atoms. The Balaban J connectivity index is 3.44. The maximum absolute atomic E-state index is 12.7. The van der Waals surface area contributed by atoms with Gasteiger partial charge in [0.15, 0.2) is 0 Å². The van der Waals surface area contributed by atoms with Crippen molar-refractivity contribution in [3.05, 3.63) is 41.7 Å². The van der Waals surface area contributed by atoms with E-state index >= 15 is 0 Å². The molecule has 0 aliphatic rings. The largest absolute Gasteiger partial charge is 0.572 e. The molecule has 0 unspecified atom stereocenters. The molecule has 0 saturated heterocycles. The fraction of sp³-hybridized carbons (Fsp3) is 0.636. The van der Waals surface area contributed by atoms with Gasteiger partial charge < -0.3 is 9.16 Å². The Morgan fingerprint density at radius 1 is 0.857 bits per heavy atom. The molecule has 0 saturated carbocycles. The molecule has 0 radical (unpaired) electrons. The van der Waals surface area contributed by atoms with Crippen molar-refractivity contribution in [3.63, 3.8) is 0 Å². The van der Waals surface area contributed by atoms with Crippen LogP contribution >= 0.6 is 0 Å². The highest BCUT2D eigenvalue weighted by Gasteiger charge is 2.47. The average molecular weight is 417 g/mol. The van der Waals surface area contributed by atoms with E-state index in [-0.39, 0.29) is 27.8 Å². The van der Waals surface area contributed by atoms with E-state index in [1.165, 1.54) is 0 Å². The first-order valence-electron chi connectivity index (χ1n) is 9.86. The second-order valence-electron chi connectivity index (χ2n) is 9.29. The minimum absolute atomic E-state index is 0.0436. The molecule has 0 aliphatic carbocycles. The summed E-state index contributed by atoms with van der Waals surface area (Å²) in [5.74, 6) is 0.153. The van der Waals surface area contributed by atoms with E-state index in [9.17, 15) is 13.2 Å². The predicted molar refractivity (Wildman–Crippen MR) is 112 cm³/mol. The molecule has 6 heteroatoms. The lowest BCUT2D eigenvalue weighted by atomic mass is 9.86. The van der Waals surface area contributed by atoms with Crippen LogP contribution in [0.1, 0.15) is 73.4 Å². The van der Waals surface area contributed by atoms with Gasteiger partial charge in [0.05, 0.1) is 0 Å². The van der Waals surface area contributed by atoms with E-state index in [2.05, 4.69) is 67.1 Å². The van der Waals surface area contributed by atoms with Crippen molar-refractivity contribution in [1.29, 1.82) is 0 Å². The van der Waals surface area contributed by atoms with E-state index in [1.54, 1.807) is 0 Å². The zero-order valence-electron chi connectivity index (χ0n) is 18.6. The van der Waals surface area contributed by atoms with Gasteiger partial charge in [-0.3, -0.25) is 0 Å². The van der Waals surface area contributed by atoms with Crippen LogP contribution < -0.4 is 0 Å². The van der Waals surface area contributed by atoms with E-state index < -0.39 is 14.7 Å². The summed E-state index contributed by atoms with van der Waals surface area (Å²) in [6.07, 6.45) is -4.03. The Kier molecular flexibility index (Phi) is 7.85. The molecule has 0 N–H and O–H groups in total. The van der Waals surface area contributed by atoms with E-state index in [1.807, 2.05) is 24.3 Å². The number of benzene rings is 1. The van der Waals surface area contributed by atoms with Gasteiger partial charge in [-0.2, -0.15) is 0 Å². The van der Waals surface area contributed by atoms with Crippen LogP contribution in [0.25, 0.3) is 5.76 Å². The van der Waals surface area contributed by atoms with Gasteiger partial charge in [0.1, 0.15) is 12.0 Å². The first-order chi connectivity index (χ1) is 12.6. The molecule has 0 heterocycles. The molecule has 1 aromatic rings. The molecule has 0 fully saturated rings. The Hall–Kier alpha value is -1.43. The Bertz CT molecular complexity index is 632.